The zero-order valence-corrected chi connectivity index (χ0v) is 16.2. The number of halogens is 1. The Bertz CT molecular complexity index is 1140. The Balaban J connectivity index is 1.91. The number of benzene rings is 2. The van der Waals surface area contributed by atoms with E-state index in [-0.39, 0.29) is 31.0 Å². The fraction of sp³-hybridized carbons (Fsp3) is 0.238. The lowest BCUT2D eigenvalue weighted by molar-refractivity contribution is -0.120. The number of carbonyl (C=O) groups excluding carboxylic acids is 2. The van der Waals surface area contributed by atoms with Crippen LogP contribution in [0.1, 0.15) is 17.7 Å². The monoisotopic (exact) mass is 396 g/mol. The van der Waals surface area contributed by atoms with E-state index in [1.54, 1.807) is 43.3 Å². The molecular weight excluding hydrogens is 375 g/mol. The van der Waals surface area contributed by atoms with E-state index >= 15 is 0 Å². The Kier molecular flexibility index (Phi) is 6.01. The SMILES string of the molecule is CNC(=O)CCc1nc2ccccc2n(CC(=O)Nc2ccc(C)c(F)c2)c1=O. The third-order valence-corrected chi connectivity index (χ3v) is 4.54. The summed E-state index contributed by atoms with van der Waals surface area (Å²) in [5.41, 5.74) is 1.61. The molecule has 0 unspecified atom stereocenters. The first kappa shape index (κ1) is 20.2. The highest BCUT2D eigenvalue weighted by Crippen LogP contribution is 2.15. The highest BCUT2D eigenvalue weighted by Gasteiger charge is 2.15. The fourth-order valence-electron chi connectivity index (χ4n) is 2.94. The van der Waals surface area contributed by atoms with Gasteiger partial charge in [0.1, 0.15) is 18.1 Å². The largest absolute Gasteiger partial charge is 0.359 e. The van der Waals surface area contributed by atoms with Crippen molar-refractivity contribution in [1.82, 2.24) is 14.9 Å². The van der Waals surface area contributed by atoms with Crippen LogP contribution in [0.15, 0.2) is 47.3 Å². The van der Waals surface area contributed by atoms with Crippen LogP contribution in [0.4, 0.5) is 10.1 Å². The van der Waals surface area contributed by atoms with Gasteiger partial charge in [0.05, 0.1) is 11.0 Å². The molecule has 0 saturated carbocycles. The summed E-state index contributed by atoms with van der Waals surface area (Å²) in [4.78, 5) is 41.3. The molecule has 29 heavy (non-hydrogen) atoms. The lowest BCUT2D eigenvalue weighted by Gasteiger charge is -2.13. The Morgan fingerprint density at radius 2 is 1.90 bits per heavy atom. The van der Waals surface area contributed by atoms with Gasteiger partial charge in [-0.2, -0.15) is 0 Å². The molecule has 0 bridgehead atoms. The second kappa shape index (κ2) is 8.64. The number of nitrogens with zero attached hydrogens (tertiary/aromatic N) is 2. The third-order valence-electron chi connectivity index (χ3n) is 4.54. The molecule has 0 fully saturated rings. The van der Waals surface area contributed by atoms with Crippen LogP contribution in [-0.2, 0) is 22.6 Å². The second-order valence-corrected chi connectivity index (χ2v) is 6.62. The topological polar surface area (TPSA) is 93.1 Å². The van der Waals surface area contributed by atoms with E-state index in [0.29, 0.717) is 22.3 Å². The summed E-state index contributed by atoms with van der Waals surface area (Å²) >= 11 is 0. The molecule has 0 aliphatic heterocycles. The van der Waals surface area contributed by atoms with Crippen LogP contribution in [-0.4, -0.2) is 28.4 Å². The first-order chi connectivity index (χ1) is 13.9. The molecule has 1 aromatic heterocycles. The predicted molar refractivity (Wildman–Crippen MR) is 108 cm³/mol. The number of anilines is 1. The van der Waals surface area contributed by atoms with Crippen molar-refractivity contribution in [1.29, 1.82) is 0 Å². The quantitative estimate of drug-likeness (QED) is 0.668. The summed E-state index contributed by atoms with van der Waals surface area (Å²) in [7, 11) is 1.52. The third kappa shape index (κ3) is 4.66. The van der Waals surface area contributed by atoms with Crippen molar-refractivity contribution < 1.29 is 14.0 Å². The number of amides is 2. The van der Waals surface area contributed by atoms with Crippen molar-refractivity contribution in [3.63, 3.8) is 0 Å². The Hall–Kier alpha value is -3.55. The summed E-state index contributed by atoms with van der Waals surface area (Å²) in [6.07, 6.45) is 0.278. The second-order valence-electron chi connectivity index (χ2n) is 6.62. The number of hydrogen-bond acceptors (Lipinski definition) is 4. The van der Waals surface area contributed by atoms with Gasteiger partial charge in [-0.05, 0) is 36.8 Å². The number of nitrogens with one attached hydrogen (secondary N) is 2. The zero-order chi connectivity index (χ0) is 21.0. The van der Waals surface area contributed by atoms with Crippen LogP contribution in [0.2, 0.25) is 0 Å². The molecule has 8 heteroatoms. The smallest absolute Gasteiger partial charge is 0.273 e. The Morgan fingerprint density at radius 1 is 1.14 bits per heavy atom. The maximum atomic E-state index is 13.7. The molecule has 2 amide bonds. The molecule has 0 aliphatic rings. The number of hydrogen-bond donors (Lipinski definition) is 2. The highest BCUT2D eigenvalue weighted by molar-refractivity contribution is 5.91. The molecule has 0 atom stereocenters. The van der Waals surface area contributed by atoms with Crippen molar-refractivity contribution in [2.45, 2.75) is 26.3 Å². The lowest BCUT2D eigenvalue weighted by atomic mass is 10.2. The molecule has 0 spiro atoms. The van der Waals surface area contributed by atoms with Crippen molar-refractivity contribution in [2.75, 3.05) is 12.4 Å². The van der Waals surface area contributed by atoms with Gasteiger partial charge in [0, 0.05) is 25.6 Å². The fourth-order valence-corrected chi connectivity index (χ4v) is 2.94. The number of carbonyl (C=O) groups is 2. The Labute approximate surface area is 166 Å². The minimum absolute atomic E-state index is 0.117. The lowest BCUT2D eigenvalue weighted by Crippen LogP contribution is -2.31. The maximum absolute atomic E-state index is 13.7. The van der Waals surface area contributed by atoms with Gasteiger partial charge < -0.3 is 10.6 Å². The van der Waals surface area contributed by atoms with E-state index in [0.717, 1.165) is 0 Å². The van der Waals surface area contributed by atoms with Gasteiger partial charge in [0.15, 0.2) is 0 Å². The van der Waals surface area contributed by atoms with Crippen molar-refractivity contribution in [2.24, 2.45) is 0 Å². The molecule has 0 radical (unpaired) electrons. The number of rotatable bonds is 6. The molecule has 2 N–H and O–H groups in total. The molecule has 7 nitrogen and oxygen atoms in total. The molecule has 3 rings (SSSR count). The van der Waals surface area contributed by atoms with Crippen LogP contribution < -0.4 is 16.2 Å². The number of aryl methyl sites for hydroxylation is 2. The molecule has 0 aliphatic carbocycles. The zero-order valence-electron chi connectivity index (χ0n) is 16.2. The van der Waals surface area contributed by atoms with E-state index < -0.39 is 17.3 Å². The van der Waals surface area contributed by atoms with Gasteiger partial charge in [-0.15, -0.1) is 0 Å². The van der Waals surface area contributed by atoms with E-state index in [9.17, 15) is 18.8 Å². The summed E-state index contributed by atoms with van der Waals surface area (Å²) in [5.74, 6) is -1.10. The molecule has 2 aromatic carbocycles. The van der Waals surface area contributed by atoms with Crippen molar-refractivity contribution >= 4 is 28.5 Å². The minimum atomic E-state index is -0.469. The van der Waals surface area contributed by atoms with Crippen molar-refractivity contribution in [3.8, 4) is 0 Å². The average Bonchev–Trinajstić information content (AvgIpc) is 2.71. The van der Waals surface area contributed by atoms with Gasteiger partial charge in [-0.25, -0.2) is 9.37 Å². The van der Waals surface area contributed by atoms with Crippen LogP contribution >= 0.6 is 0 Å². The molecule has 0 saturated heterocycles. The molecular formula is C21H21FN4O3. The van der Waals surface area contributed by atoms with E-state index in [4.69, 9.17) is 0 Å². The van der Waals surface area contributed by atoms with Crippen LogP contribution in [0.25, 0.3) is 11.0 Å². The van der Waals surface area contributed by atoms with Crippen LogP contribution in [0.5, 0.6) is 0 Å². The average molecular weight is 396 g/mol. The first-order valence-corrected chi connectivity index (χ1v) is 9.14. The van der Waals surface area contributed by atoms with E-state index in [2.05, 4.69) is 15.6 Å². The number of aromatic nitrogens is 2. The summed E-state index contributed by atoms with van der Waals surface area (Å²) in [5, 5.41) is 5.11. The van der Waals surface area contributed by atoms with Crippen LogP contribution in [0, 0.1) is 12.7 Å². The summed E-state index contributed by atoms with van der Waals surface area (Å²) in [6.45, 7) is 1.37. The summed E-state index contributed by atoms with van der Waals surface area (Å²) in [6, 6.07) is 11.4. The van der Waals surface area contributed by atoms with Gasteiger partial charge in [0.25, 0.3) is 5.56 Å². The molecule has 3 aromatic rings. The van der Waals surface area contributed by atoms with Gasteiger partial charge in [-0.3, -0.25) is 19.0 Å². The van der Waals surface area contributed by atoms with E-state index in [1.807, 2.05) is 0 Å². The van der Waals surface area contributed by atoms with Gasteiger partial charge in [-0.1, -0.05) is 18.2 Å². The summed E-state index contributed by atoms with van der Waals surface area (Å²) < 4.78 is 15.0. The van der Waals surface area contributed by atoms with Crippen molar-refractivity contribution in [3.05, 3.63) is 69.9 Å². The van der Waals surface area contributed by atoms with Crippen LogP contribution in [0.3, 0.4) is 0 Å². The standard InChI is InChI=1S/C21H21FN4O3/c1-13-7-8-14(11-15(13)22)24-20(28)12-26-18-6-4-3-5-16(18)25-17(21(26)29)9-10-19(27)23-2/h3-8,11H,9-10,12H2,1-2H3,(H,23,27)(H,24,28). The van der Waals surface area contributed by atoms with E-state index in [1.165, 1.54) is 17.7 Å². The first-order valence-electron chi connectivity index (χ1n) is 9.14. The predicted octanol–water partition coefficient (Wildman–Crippen LogP) is 2.16. The number of para-hydroxylation sites is 2. The molecule has 1 heterocycles. The van der Waals surface area contributed by atoms with Gasteiger partial charge >= 0.3 is 0 Å². The Morgan fingerprint density at radius 3 is 2.62 bits per heavy atom. The highest BCUT2D eigenvalue weighted by atomic mass is 19.1. The maximum Gasteiger partial charge on any atom is 0.273 e. The molecule has 150 valence electrons. The van der Waals surface area contributed by atoms with Gasteiger partial charge in [0.2, 0.25) is 11.8 Å². The normalized spacial score (nSPS) is 10.7. The number of fused-ring (bicyclic) bond motifs is 1. The minimum Gasteiger partial charge on any atom is -0.359 e.